The van der Waals surface area contributed by atoms with Gasteiger partial charge in [0.25, 0.3) is 8.53 Å². The molecule has 87 heavy (non-hydrogen) atoms. The molecule has 496 valence electrons. The first-order valence-corrected chi connectivity index (χ1v) is 35.9. The highest BCUT2D eigenvalue weighted by Crippen LogP contribution is 2.66. The van der Waals surface area contributed by atoms with Gasteiger partial charge in [-0.1, -0.05) is 116 Å². The summed E-state index contributed by atoms with van der Waals surface area (Å²) in [5.74, 6) is -0.256. The fraction of sp³-hybridized carbons (Fsp3) is 0.841. The summed E-state index contributed by atoms with van der Waals surface area (Å²) in [6.45, 7) is 24.5. The number of nitrogens with one attached hydrogen (secondary N) is 3. The number of halogens is 1. The van der Waals surface area contributed by atoms with Gasteiger partial charge in [-0.15, -0.1) is 0 Å². The molecule has 7 aliphatic heterocycles. The van der Waals surface area contributed by atoms with E-state index in [2.05, 4.69) is 67.9 Å². The number of anilines is 2. The summed E-state index contributed by atoms with van der Waals surface area (Å²) in [7, 11) is -1.86. The van der Waals surface area contributed by atoms with E-state index in [1.54, 1.807) is 46.0 Å². The summed E-state index contributed by atoms with van der Waals surface area (Å²) < 4.78 is 38.9. The Hall–Kier alpha value is -2.59. The molecule has 2 spiro atoms. The Balaban J connectivity index is 0.000000191. The fourth-order valence-electron chi connectivity index (χ4n) is 14.2. The third-order valence-electron chi connectivity index (χ3n) is 19.3. The molecule has 0 bridgehead atoms. The SMILES string of the molecule is C.C.CCN(CC)CC.CC[C@H]1O[C@@H](n2ccc(NC(=O)C(C)C)nc2=O)CC1O.CC[C@H]1O[C@@H](n2ccc(NC(=O)C(C)C)nc2=O)CC1O[P@]1OC2(CCCC2)[C@H]2CCCN21.ClP1OC2(CCCC2)[C@H]2CCCN21.OC1([C@H]2CCCN2)CCCC1. The minimum atomic E-state index is -1.10. The largest absolute Gasteiger partial charge is 0.390 e. The van der Waals surface area contributed by atoms with Crippen molar-refractivity contribution in [2.75, 3.05) is 49.9 Å². The zero-order valence-corrected chi connectivity index (χ0v) is 55.0. The van der Waals surface area contributed by atoms with Crippen LogP contribution in [0.2, 0.25) is 0 Å². The Morgan fingerprint density at radius 2 is 1.17 bits per heavy atom. The van der Waals surface area contributed by atoms with Crippen molar-refractivity contribution >= 4 is 50.9 Å². The molecule has 12 rings (SSSR count). The Morgan fingerprint density at radius 1 is 0.701 bits per heavy atom. The molecular weight excluding hydrogens is 1170 g/mol. The molecule has 2 aromatic heterocycles. The standard InChI is InChI=1S/C23H35N4O5P.C14H21N3O4.C9H15ClNOP.C9H17NO.C6H15N.2CH4/c1-4-16-17(31-33-27-12-7-8-18(27)23(32-33)10-5-6-11-23)14-20(30-16)26-13-9-19(25-22(26)29)24-21(28)15(2)3;1-4-10-9(18)7-12(21-10)17-6-5-11(16-14(17)20)15-13(19)8(2)3;10-13-11-7-3-4-8(11)9(12-13)5-1-2-6-9;11-9(5-1-2-6-9)8-4-3-7-10-8;1-4-7(5-2)6-3;;/h9,13,15-18,20H,4-8,10-12,14H2,1-3H3,(H,24,25,28,29);5-6,8-10,12,18H,4,7H2,1-3H3,(H,15,16,19,20);8H,1-7H2;8,10-11H,1-7H2;4-6H2,1-3H3;2*1H4/t16-,17?,18-,20-,33-;9?,10-,12-;8-,13?;8-;;;/m1111.../s1. The van der Waals surface area contributed by atoms with Gasteiger partial charge in [-0.25, -0.2) is 18.9 Å². The number of hydrogen-bond donors (Lipinski definition) is 5. The van der Waals surface area contributed by atoms with E-state index in [0.29, 0.717) is 37.4 Å². The van der Waals surface area contributed by atoms with Crippen LogP contribution in [0, 0.1) is 11.8 Å². The van der Waals surface area contributed by atoms with Crippen LogP contribution in [-0.4, -0.2) is 154 Å². The van der Waals surface area contributed by atoms with Crippen LogP contribution < -0.4 is 27.3 Å². The van der Waals surface area contributed by atoms with Crippen molar-refractivity contribution in [3.63, 3.8) is 0 Å². The highest BCUT2D eigenvalue weighted by atomic mass is 35.7. The molecule has 3 unspecified atom stereocenters. The molecule has 2 amide bonds. The Kier molecular flexibility index (Phi) is 28.6. The smallest absolute Gasteiger partial charge is 0.351 e. The first-order chi connectivity index (χ1) is 40.8. The minimum absolute atomic E-state index is 0. The fourth-order valence-corrected chi connectivity index (χ4v) is 18.9. The van der Waals surface area contributed by atoms with Crippen molar-refractivity contribution in [3.8, 4) is 0 Å². The van der Waals surface area contributed by atoms with E-state index >= 15 is 0 Å². The van der Waals surface area contributed by atoms with Crippen molar-refractivity contribution < 1.29 is 42.8 Å². The Labute approximate surface area is 527 Å². The van der Waals surface area contributed by atoms with E-state index in [4.69, 9.17) is 34.3 Å². The van der Waals surface area contributed by atoms with E-state index in [1.807, 2.05) is 6.92 Å². The quantitative estimate of drug-likeness (QED) is 0.111. The van der Waals surface area contributed by atoms with Crippen molar-refractivity contribution in [2.45, 2.75) is 290 Å². The maximum atomic E-state index is 12.7. The molecule has 9 heterocycles. The van der Waals surface area contributed by atoms with Crippen LogP contribution >= 0.6 is 27.4 Å². The van der Waals surface area contributed by atoms with Crippen molar-refractivity contribution in [1.82, 2.24) is 38.7 Å². The number of carbonyl (C=O) groups excluding carboxylic acids is 2. The second-order valence-corrected chi connectivity index (χ2v) is 28.9. The molecule has 10 aliphatic rings. The van der Waals surface area contributed by atoms with Gasteiger partial charge in [0, 0.05) is 68.3 Å². The van der Waals surface area contributed by atoms with Gasteiger partial charge in [-0.2, -0.15) is 9.97 Å². The number of aliphatic hydroxyl groups excluding tert-OH is 1. The van der Waals surface area contributed by atoms with Crippen LogP contribution in [0.15, 0.2) is 34.1 Å². The van der Waals surface area contributed by atoms with Gasteiger partial charge in [0.1, 0.15) is 24.1 Å². The number of ether oxygens (including phenoxy) is 2. The van der Waals surface area contributed by atoms with Crippen LogP contribution in [0.4, 0.5) is 11.6 Å². The van der Waals surface area contributed by atoms with E-state index in [0.717, 1.165) is 45.2 Å². The summed E-state index contributed by atoms with van der Waals surface area (Å²) >= 11 is 6.25. The van der Waals surface area contributed by atoms with Crippen LogP contribution in [0.25, 0.3) is 0 Å². The number of fused-ring (bicyclic) bond motifs is 4. The van der Waals surface area contributed by atoms with Crippen LogP contribution in [-0.2, 0) is 32.6 Å². The Bertz CT molecular complexity index is 2550. The predicted molar refractivity (Wildman–Crippen MR) is 348 cm³/mol. The Morgan fingerprint density at radius 3 is 1.62 bits per heavy atom. The normalized spacial score (nSPS) is 30.6. The van der Waals surface area contributed by atoms with Gasteiger partial charge in [-0.05, 0) is 139 Å². The minimum Gasteiger partial charge on any atom is -0.390 e. The van der Waals surface area contributed by atoms with Crippen LogP contribution in [0.3, 0.4) is 0 Å². The maximum absolute atomic E-state index is 12.7. The average molecular weight is 1280 g/mol. The highest BCUT2D eigenvalue weighted by Gasteiger charge is 2.59. The molecule has 2 aromatic rings. The van der Waals surface area contributed by atoms with Crippen molar-refractivity contribution in [1.29, 1.82) is 0 Å². The van der Waals surface area contributed by atoms with E-state index in [1.165, 1.54) is 131 Å². The highest BCUT2D eigenvalue weighted by molar-refractivity contribution is 7.78. The summed E-state index contributed by atoms with van der Waals surface area (Å²) in [5, 5.41) is 28.6. The average Bonchev–Trinajstić information content (AvgIpc) is 1.70. The van der Waals surface area contributed by atoms with Crippen LogP contribution in [0.1, 0.15) is 231 Å². The van der Waals surface area contributed by atoms with Crippen molar-refractivity contribution in [2.24, 2.45) is 11.8 Å². The lowest BCUT2D eigenvalue weighted by Gasteiger charge is -2.29. The molecular formula is C63H111ClN10O11P2. The van der Waals surface area contributed by atoms with Gasteiger partial charge in [0.15, 0.2) is 0 Å². The summed E-state index contributed by atoms with van der Waals surface area (Å²) in [6, 6.07) is 4.76. The predicted octanol–water partition coefficient (Wildman–Crippen LogP) is 11.8. The summed E-state index contributed by atoms with van der Waals surface area (Å²) in [4.78, 5) is 58.4. The summed E-state index contributed by atoms with van der Waals surface area (Å²) in [6.07, 6.45) is 25.4. The zero-order valence-electron chi connectivity index (χ0n) is 52.4. The lowest BCUT2D eigenvalue weighted by atomic mass is 9.91. The molecule has 24 heteroatoms. The topological polar surface area (TPSA) is 236 Å². The zero-order chi connectivity index (χ0) is 61.1. The summed E-state index contributed by atoms with van der Waals surface area (Å²) in [5.41, 5.74) is -1.12. The van der Waals surface area contributed by atoms with Gasteiger partial charge < -0.3 is 54.1 Å². The maximum Gasteiger partial charge on any atom is 0.351 e. The third-order valence-corrected chi connectivity index (χ3v) is 23.3. The molecule has 11 atom stereocenters. The van der Waals surface area contributed by atoms with E-state index in [-0.39, 0.29) is 85.3 Å². The van der Waals surface area contributed by atoms with Gasteiger partial charge in [-0.3, -0.25) is 18.7 Å². The number of aromatic nitrogens is 4. The molecule has 0 radical (unpaired) electrons. The molecule has 10 fully saturated rings. The molecule has 0 aromatic carbocycles. The lowest BCUT2D eigenvalue weighted by molar-refractivity contribution is -0.119. The van der Waals surface area contributed by atoms with E-state index in [9.17, 15) is 29.4 Å². The lowest BCUT2D eigenvalue weighted by Crippen LogP contribution is -2.45. The number of amides is 2. The molecule has 3 saturated carbocycles. The third kappa shape index (κ3) is 18.0. The van der Waals surface area contributed by atoms with Gasteiger partial charge >= 0.3 is 11.4 Å². The number of carbonyl (C=O) groups is 2. The number of rotatable bonds is 14. The monoisotopic (exact) mass is 1280 g/mol. The number of nitrogens with zero attached hydrogens (tertiary/aromatic N) is 7. The second-order valence-electron chi connectivity index (χ2n) is 25.5. The van der Waals surface area contributed by atoms with E-state index < -0.39 is 46.1 Å². The molecule has 5 N–H and O–H groups in total. The van der Waals surface area contributed by atoms with Gasteiger partial charge in [0.2, 0.25) is 19.5 Å². The van der Waals surface area contributed by atoms with Gasteiger partial charge in [0.05, 0.1) is 41.2 Å². The number of aliphatic hydroxyl groups is 2. The first-order valence-electron chi connectivity index (χ1n) is 32.6. The second kappa shape index (κ2) is 33.8. The molecule has 21 nitrogen and oxygen atoms in total. The molecule has 7 saturated heterocycles. The number of hydrogen-bond acceptors (Lipinski definition) is 17. The van der Waals surface area contributed by atoms with Crippen LogP contribution in [0.5, 0.6) is 0 Å². The molecule has 3 aliphatic carbocycles. The first kappa shape index (κ1) is 73.5. The van der Waals surface area contributed by atoms with Crippen molar-refractivity contribution in [3.05, 3.63) is 45.5 Å².